The lowest BCUT2D eigenvalue weighted by molar-refractivity contribution is -0.0777. The normalized spacial score (nSPS) is 18.7. The number of ether oxygens (including phenoxy) is 1. The molecule has 0 aliphatic carbocycles. The zero-order valence-electron chi connectivity index (χ0n) is 11.6. The molecule has 1 aliphatic rings. The second kappa shape index (κ2) is 6.48. The maximum Gasteiger partial charge on any atom is 0.0817 e. The Bertz CT molecular complexity index is 386. The molecule has 1 saturated heterocycles. The van der Waals surface area contributed by atoms with Crippen LogP contribution in [0.25, 0.3) is 0 Å². The molecular formula is C15H24N2O2. The molecule has 0 atom stereocenters. The van der Waals surface area contributed by atoms with E-state index in [1.165, 1.54) is 5.56 Å². The average Bonchev–Trinajstić information content (AvgIpc) is 2.39. The molecule has 4 heteroatoms. The first-order chi connectivity index (χ1) is 9.11. The summed E-state index contributed by atoms with van der Waals surface area (Å²) in [4.78, 5) is 2.17. The van der Waals surface area contributed by atoms with E-state index < -0.39 is 5.60 Å². The van der Waals surface area contributed by atoms with Gasteiger partial charge in [0.15, 0.2) is 0 Å². The summed E-state index contributed by atoms with van der Waals surface area (Å²) in [7, 11) is 2.05. The van der Waals surface area contributed by atoms with E-state index >= 15 is 0 Å². The number of aliphatic hydroxyl groups is 1. The number of hydrogen-bond acceptors (Lipinski definition) is 4. The molecule has 4 nitrogen and oxygen atoms in total. The number of rotatable bonds is 5. The van der Waals surface area contributed by atoms with Crippen molar-refractivity contribution >= 4 is 0 Å². The molecule has 3 N–H and O–H groups in total. The molecule has 0 saturated carbocycles. The van der Waals surface area contributed by atoms with Gasteiger partial charge < -0.3 is 15.6 Å². The highest BCUT2D eigenvalue weighted by atomic mass is 16.5. The van der Waals surface area contributed by atoms with Crippen molar-refractivity contribution in [3.8, 4) is 0 Å². The molecular weight excluding hydrogens is 240 g/mol. The van der Waals surface area contributed by atoms with E-state index in [-0.39, 0.29) is 0 Å². The third-order valence-corrected chi connectivity index (χ3v) is 3.70. The van der Waals surface area contributed by atoms with Gasteiger partial charge in [0.2, 0.25) is 0 Å². The van der Waals surface area contributed by atoms with Crippen LogP contribution in [0, 0.1) is 0 Å². The summed E-state index contributed by atoms with van der Waals surface area (Å²) in [6.45, 7) is 3.43. The van der Waals surface area contributed by atoms with Gasteiger partial charge in [0, 0.05) is 45.7 Å². The first-order valence-corrected chi connectivity index (χ1v) is 6.88. The van der Waals surface area contributed by atoms with Crippen LogP contribution in [0.5, 0.6) is 0 Å². The minimum absolute atomic E-state index is 0.579. The lowest BCUT2D eigenvalue weighted by Crippen LogP contribution is -2.45. The molecule has 2 rings (SSSR count). The van der Waals surface area contributed by atoms with E-state index in [1.807, 2.05) is 7.05 Å². The highest BCUT2D eigenvalue weighted by molar-refractivity contribution is 5.22. The van der Waals surface area contributed by atoms with E-state index in [9.17, 15) is 5.11 Å². The fourth-order valence-corrected chi connectivity index (χ4v) is 2.56. The van der Waals surface area contributed by atoms with E-state index in [0.29, 0.717) is 26.3 Å². The van der Waals surface area contributed by atoms with Gasteiger partial charge in [-0.3, -0.25) is 4.90 Å². The fourth-order valence-electron chi connectivity index (χ4n) is 2.56. The first kappa shape index (κ1) is 14.5. The molecule has 0 bridgehead atoms. The highest BCUT2D eigenvalue weighted by Gasteiger charge is 2.30. The van der Waals surface area contributed by atoms with Crippen LogP contribution in [-0.4, -0.2) is 42.4 Å². The number of benzene rings is 1. The van der Waals surface area contributed by atoms with Gasteiger partial charge in [0.25, 0.3) is 0 Å². The van der Waals surface area contributed by atoms with Crippen molar-refractivity contribution in [3.05, 3.63) is 35.4 Å². The second-order valence-corrected chi connectivity index (χ2v) is 5.53. The van der Waals surface area contributed by atoms with E-state index in [4.69, 9.17) is 10.5 Å². The second-order valence-electron chi connectivity index (χ2n) is 5.53. The zero-order chi connectivity index (χ0) is 13.7. The molecule has 0 unspecified atom stereocenters. The van der Waals surface area contributed by atoms with E-state index in [2.05, 4.69) is 29.2 Å². The van der Waals surface area contributed by atoms with Crippen LogP contribution in [0.15, 0.2) is 24.3 Å². The standard InChI is InChI=1S/C15H24N2O2/c1-17(12-15(18)6-8-19-9-7-15)11-14-4-2-13(10-16)3-5-14/h2-5,18H,6-12,16H2,1H3. The molecule has 1 aliphatic heterocycles. The molecule has 1 aromatic rings. The molecule has 1 fully saturated rings. The van der Waals surface area contributed by atoms with Crippen LogP contribution in [0.4, 0.5) is 0 Å². The minimum Gasteiger partial charge on any atom is -0.388 e. The Morgan fingerprint density at radius 3 is 2.37 bits per heavy atom. The maximum absolute atomic E-state index is 10.5. The van der Waals surface area contributed by atoms with Gasteiger partial charge in [-0.25, -0.2) is 0 Å². The lowest BCUT2D eigenvalue weighted by atomic mass is 9.94. The predicted octanol–water partition coefficient (Wildman–Crippen LogP) is 1.12. The summed E-state index contributed by atoms with van der Waals surface area (Å²) >= 11 is 0. The van der Waals surface area contributed by atoms with Crippen LogP contribution in [0.2, 0.25) is 0 Å². The van der Waals surface area contributed by atoms with Gasteiger partial charge in [-0.2, -0.15) is 0 Å². The monoisotopic (exact) mass is 264 g/mol. The Morgan fingerprint density at radius 1 is 1.21 bits per heavy atom. The molecule has 0 radical (unpaired) electrons. The summed E-state index contributed by atoms with van der Waals surface area (Å²) in [5.74, 6) is 0. The Labute approximate surface area is 115 Å². The van der Waals surface area contributed by atoms with Gasteiger partial charge in [0.1, 0.15) is 0 Å². The Morgan fingerprint density at radius 2 is 1.79 bits per heavy atom. The van der Waals surface area contributed by atoms with Crippen LogP contribution >= 0.6 is 0 Å². The van der Waals surface area contributed by atoms with Crippen LogP contribution in [0.3, 0.4) is 0 Å². The summed E-state index contributed by atoms with van der Waals surface area (Å²) in [6, 6.07) is 8.33. The Kier molecular flexibility index (Phi) is 4.93. The molecule has 0 aromatic heterocycles. The van der Waals surface area contributed by atoms with Crippen molar-refractivity contribution in [2.45, 2.75) is 31.5 Å². The van der Waals surface area contributed by atoms with Crippen LogP contribution < -0.4 is 5.73 Å². The Balaban J connectivity index is 1.87. The van der Waals surface area contributed by atoms with Crippen molar-refractivity contribution in [1.29, 1.82) is 0 Å². The topological polar surface area (TPSA) is 58.7 Å². The summed E-state index contributed by atoms with van der Waals surface area (Å²) in [6.07, 6.45) is 1.45. The Hall–Kier alpha value is -0.940. The number of nitrogens with two attached hydrogens (primary N) is 1. The van der Waals surface area contributed by atoms with E-state index in [1.54, 1.807) is 0 Å². The largest absolute Gasteiger partial charge is 0.388 e. The third-order valence-electron chi connectivity index (χ3n) is 3.70. The summed E-state index contributed by atoms with van der Waals surface area (Å²) in [5, 5.41) is 10.5. The van der Waals surface area contributed by atoms with Gasteiger partial charge in [-0.05, 0) is 18.2 Å². The van der Waals surface area contributed by atoms with E-state index in [0.717, 1.165) is 24.9 Å². The number of hydrogen-bond donors (Lipinski definition) is 2. The minimum atomic E-state index is -0.593. The number of nitrogens with zero attached hydrogens (tertiary/aromatic N) is 1. The first-order valence-electron chi connectivity index (χ1n) is 6.88. The van der Waals surface area contributed by atoms with Crippen molar-refractivity contribution in [2.75, 3.05) is 26.8 Å². The molecule has 19 heavy (non-hydrogen) atoms. The SMILES string of the molecule is CN(Cc1ccc(CN)cc1)CC1(O)CCOCC1. The van der Waals surface area contributed by atoms with Crippen molar-refractivity contribution in [1.82, 2.24) is 4.90 Å². The zero-order valence-corrected chi connectivity index (χ0v) is 11.6. The summed E-state index contributed by atoms with van der Waals surface area (Å²) in [5.41, 5.74) is 7.39. The average molecular weight is 264 g/mol. The molecule has 0 spiro atoms. The van der Waals surface area contributed by atoms with Crippen molar-refractivity contribution < 1.29 is 9.84 Å². The fraction of sp³-hybridized carbons (Fsp3) is 0.600. The summed E-state index contributed by atoms with van der Waals surface area (Å²) < 4.78 is 5.30. The quantitative estimate of drug-likeness (QED) is 0.836. The van der Waals surface area contributed by atoms with Gasteiger partial charge >= 0.3 is 0 Å². The molecule has 0 amide bonds. The van der Waals surface area contributed by atoms with Gasteiger partial charge in [-0.1, -0.05) is 24.3 Å². The smallest absolute Gasteiger partial charge is 0.0817 e. The maximum atomic E-state index is 10.5. The number of likely N-dealkylation sites (N-methyl/N-ethyl adjacent to an activating group) is 1. The van der Waals surface area contributed by atoms with Crippen LogP contribution in [0.1, 0.15) is 24.0 Å². The predicted molar refractivity (Wildman–Crippen MR) is 75.7 cm³/mol. The highest BCUT2D eigenvalue weighted by Crippen LogP contribution is 2.22. The molecule has 1 aromatic carbocycles. The van der Waals surface area contributed by atoms with Crippen molar-refractivity contribution in [2.24, 2.45) is 5.73 Å². The van der Waals surface area contributed by atoms with Crippen molar-refractivity contribution in [3.63, 3.8) is 0 Å². The third kappa shape index (κ3) is 4.28. The van der Waals surface area contributed by atoms with Gasteiger partial charge in [-0.15, -0.1) is 0 Å². The van der Waals surface area contributed by atoms with Gasteiger partial charge in [0.05, 0.1) is 5.60 Å². The molecule has 106 valence electrons. The van der Waals surface area contributed by atoms with Crippen LogP contribution in [-0.2, 0) is 17.8 Å². The lowest BCUT2D eigenvalue weighted by Gasteiger charge is -2.35. The molecule has 1 heterocycles.